The van der Waals surface area contributed by atoms with Gasteiger partial charge in [-0.2, -0.15) is 0 Å². The van der Waals surface area contributed by atoms with E-state index in [1.54, 1.807) is 10.9 Å². The van der Waals surface area contributed by atoms with Crippen LogP contribution in [0.3, 0.4) is 0 Å². The van der Waals surface area contributed by atoms with E-state index < -0.39 is 0 Å². The van der Waals surface area contributed by atoms with Crippen LogP contribution < -0.4 is 5.56 Å². The van der Waals surface area contributed by atoms with Crippen LogP contribution >= 0.6 is 22.6 Å². The summed E-state index contributed by atoms with van der Waals surface area (Å²) in [5.74, 6) is 0.507. The number of aromatic nitrogens is 2. The van der Waals surface area contributed by atoms with E-state index in [4.69, 9.17) is 4.74 Å². The lowest BCUT2D eigenvalue weighted by Crippen LogP contribution is -2.23. The minimum atomic E-state index is -0.00309. The maximum absolute atomic E-state index is 12.3. The first-order chi connectivity index (χ1) is 9.08. The summed E-state index contributed by atoms with van der Waals surface area (Å²) < 4.78 is 8.15. The highest BCUT2D eigenvalue weighted by Gasteiger charge is 2.04. The molecule has 0 saturated carbocycles. The van der Waals surface area contributed by atoms with Crippen molar-refractivity contribution in [3.05, 3.63) is 38.5 Å². The van der Waals surface area contributed by atoms with Gasteiger partial charge in [-0.25, -0.2) is 4.98 Å². The van der Waals surface area contributed by atoms with E-state index in [0.717, 1.165) is 9.09 Å². The number of nitrogens with zero attached hydrogens (tertiary/aromatic N) is 2. The second-order valence-electron chi connectivity index (χ2n) is 4.87. The Bertz CT molecular complexity index is 622. The van der Waals surface area contributed by atoms with Crippen LogP contribution in [0, 0.1) is 9.49 Å². The predicted molar refractivity (Wildman–Crippen MR) is 84.4 cm³/mol. The minimum Gasteiger partial charge on any atom is -0.379 e. The Balaban J connectivity index is 2.16. The molecular weight excluding hydrogens is 355 g/mol. The topological polar surface area (TPSA) is 44.1 Å². The van der Waals surface area contributed by atoms with Crippen LogP contribution in [0.15, 0.2) is 29.3 Å². The summed E-state index contributed by atoms with van der Waals surface area (Å²) >= 11 is 2.20. The molecule has 0 unspecified atom stereocenters. The fourth-order valence-corrected chi connectivity index (χ4v) is 2.26. The summed E-state index contributed by atoms with van der Waals surface area (Å²) in [5, 5.41) is 0.665. The van der Waals surface area contributed by atoms with Crippen molar-refractivity contribution in [2.24, 2.45) is 5.92 Å². The zero-order chi connectivity index (χ0) is 13.8. The van der Waals surface area contributed by atoms with Gasteiger partial charge in [0.25, 0.3) is 5.56 Å². The largest absolute Gasteiger partial charge is 0.379 e. The first-order valence-electron chi connectivity index (χ1n) is 6.30. The highest BCUT2D eigenvalue weighted by atomic mass is 127. The van der Waals surface area contributed by atoms with Gasteiger partial charge in [0.05, 0.1) is 30.4 Å². The quantitative estimate of drug-likeness (QED) is 0.599. The Morgan fingerprint density at radius 1 is 1.42 bits per heavy atom. The van der Waals surface area contributed by atoms with Crippen LogP contribution in [-0.4, -0.2) is 22.8 Å². The van der Waals surface area contributed by atoms with E-state index >= 15 is 0 Å². The highest BCUT2D eigenvalue weighted by molar-refractivity contribution is 14.1. The zero-order valence-corrected chi connectivity index (χ0v) is 13.3. The molecule has 0 fully saturated rings. The molecule has 1 aromatic carbocycles. The van der Waals surface area contributed by atoms with Gasteiger partial charge in [-0.3, -0.25) is 9.36 Å². The molecule has 4 nitrogen and oxygen atoms in total. The lowest BCUT2D eigenvalue weighted by atomic mass is 10.2. The molecule has 0 bridgehead atoms. The van der Waals surface area contributed by atoms with E-state index in [2.05, 4.69) is 41.4 Å². The van der Waals surface area contributed by atoms with Crippen molar-refractivity contribution in [2.45, 2.75) is 20.4 Å². The molecule has 0 aliphatic carbocycles. The molecule has 102 valence electrons. The molecule has 1 heterocycles. The van der Waals surface area contributed by atoms with Crippen LogP contribution in [0.5, 0.6) is 0 Å². The van der Waals surface area contributed by atoms with Gasteiger partial charge in [0.2, 0.25) is 0 Å². The summed E-state index contributed by atoms with van der Waals surface area (Å²) in [7, 11) is 0. The standard InChI is InChI=1S/C14H17IN2O2/c1-10(2)8-19-6-5-17-9-16-13-4-3-11(15)7-12(13)14(17)18/h3-4,7,9-10H,5-6,8H2,1-2H3. The summed E-state index contributed by atoms with van der Waals surface area (Å²) in [5.41, 5.74) is 0.737. The molecule has 0 N–H and O–H groups in total. The van der Waals surface area contributed by atoms with Gasteiger partial charge < -0.3 is 4.74 Å². The molecule has 0 aliphatic rings. The second kappa shape index (κ2) is 6.47. The van der Waals surface area contributed by atoms with Crippen LogP contribution in [0.25, 0.3) is 10.9 Å². The smallest absolute Gasteiger partial charge is 0.261 e. The molecule has 19 heavy (non-hydrogen) atoms. The van der Waals surface area contributed by atoms with Crippen molar-refractivity contribution in [1.29, 1.82) is 0 Å². The number of rotatable bonds is 5. The second-order valence-corrected chi connectivity index (χ2v) is 6.12. The van der Waals surface area contributed by atoms with Gasteiger partial charge in [-0.1, -0.05) is 13.8 Å². The monoisotopic (exact) mass is 372 g/mol. The normalized spacial score (nSPS) is 11.4. The fraction of sp³-hybridized carbons (Fsp3) is 0.429. The van der Waals surface area contributed by atoms with Crippen molar-refractivity contribution in [1.82, 2.24) is 9.55 Å². The van der Waals surface area contributed by atoms with Crippen LogP contribution in [0.2, 0.25) is 0 Å². The number of benzene rings is 1. The first-order valence-corrected chi connectivity index (χ1v) is 7.38. The van der Waals surface area contributed by atoms with Crippen LogP contribution in [0.4, 0.5) is 0 Å². The van der Waals surface area contributed by atoms with Crippen molar-refractivity contribution in [3.8, 4) is 0 Å². The van der Waals surface area contributed by atoms with Gasteiger partial charge in [-0.15, -0.1) is 0 Å². The molecule has 2 rings (SSSR count). The van der Waals surface area contributed by atoms with Gasteiger partial charge in [0.1, 0.15) is 0 Å². The molecular formula is C14H17IN2O2. The molecule has 0 aliphatic heterocycles. The van der Waals surface area contributed by atoms with Crippen molar-refractivity contribution < 1.29 is 4.74 Å². The molecule has 0 atom stereocenters. The van der Waals surface area contributed by atoms with Gasteiger partial charge in [-0.05, 0) is 46.7 Å². The van der Waals surface area contributed by atoms with Crippen molar-refractivity contribution in [2.75, 3.05) is 13.2 Å². The first kappa shape index (κ1) is 14.5. The van der Waals surface area contributed by atoms with E-state index in [1.807, 2.05) is 18.2 Å². The third-order valence-corrected chi connectivity index (χ3v) is 3.38. The summed E-state index contributed by atoms with van der Waals surface area (Å²) in [6, 6.07) is 5.69. The predicted octanol–water partition coefficient (Wildman–Crippen LogP) is 2.67. The molecule has 0 amide bonds. The highest BCUT2D eigenvalue weighted by Crippen LogP contribution is 2.11. The molecule has 0 spiro atoms. The number of hydrogen-bond acceptors (Lipinski definition) is 3. The van der Waals surface area contributed by atoms with Gasteiger partial charge in [0, 0.05) is 10.2 Å². The van der Waals surface area contributed by atoms with E-state index in [9.17, 15) is 4.79 Å². The molecule has 0 radical (unpaired) electrons. The average Bonchev–Trinajstić information content (AvgIpc) is 2.37. The number of fused-ring (bicyclic) bond motifs is 1. The van der Waals surface area contributed by atoms with Crippen LogP contribution in [0.1, 0.15) is 13.8 Å². The fourth-order valence-electron chi connectivity index (χ4n) is 1.77. The minimum absolute atomic E-state index is 0.00309. The molecule has 1 aromatic heterocycles. The SMILES string of the molecule is CC(C)COCCn1cnc2ccc(I)cc2c1=O. The van der Waals surface area contributed by atoms with E-state index in [-0.39, 0.29) is 5.56 Å². The molecule has 2 aromatic rings. The van der Waals surface area contributed by atoms with E-state index in [1.165, 1.54) is 0 Å². The summed E-state index contributed by atoms with van der Waals surface area (Å²) in [6.45, 7) is 6.00. The third-order valence-electron chi connectivity index (χ3n) is 2.71. The van der Waals surface area contributed by atoms with Crippen molar-refractivity contribution >= 4 is 33.5 Å². The lowest BCUT2D eigenvalue weighted by molar-refractivity contribution is 0.102. The Kier molecular flexibility index (Phi) is 4.93. The van der Waals surface area contributed by atoms with E-state index in [0.29, 0.717) is 31.1 Å². The maximum Gasteiger partial charge on any atom is 0.261 e. The van der Waals surface area contributed by atoms with Crippen LogP contribution in [-0.2, 0) is 11.3 Å². The number of hydrogen-bond donors (Lipinski definition) is 0. The Labute approximate surface area is 125 Å². The van der Waals surface area contributed by atoms with Crippen molar-refractivity contribution in [3.63, 3.8) is 0 Å². The lowest BCUT2D eigenvalue weighted by Gasteiger charge is -2.09. The average molecular weight is 372 g/mol. The summed E-state index contributed by atoms with van der Waals surface area (Å²) in [4.78, 5) is 16.6. The maximum atomic E-state index is 12.3. The Morgan fingerprint density at radius 3 is 2.95 bits per heavy atom. The summed E-state index contributed by atoms with van der Waals surface area (Å²) in [6.07, 6.45) is 1.59. The third kappa shape index (κ3) is 3.76. The van der Waals surface area contributed by atoms with Gasteiger partial charge in [0.15, 0.2) is 0 Å². The number of ether oxygens (including phenoxy) is 1. The number of halogens is 1. The van der Waals surface area contributed by atoms with Gasteiger partial charge >= 0.3 is 0 Å². The zero-order valence-electron chi connectivity index (χ0n) is 11.1. The molecule has 0 saturated heterocycles. The Hall–Kier alpha value is -0.950. The Morgan fingerprint density at radius 2 is 2.21 bits per heavy atom. The molecule has 5 heteroatoms.